The molecular formula is C34H24N6. The first-order valence-electron chi connectivity index (χ1n) is 13.0. The van der Waals surface area contributed by atoms with Gasteiger partial charge in [-0.2, -0.15) is 0 Å². The SMILES string of the molecule is Nc1ccc(-c2nc(-c3ccccc3)c3cc4c(-c5ccccc5)nc(-c5ccc(N)cc5)nc4cc3n2)cc1. The molecule has 190 valence electrons. The van der Waals surface area contributed by atoms with Gasteiger partial charge >= 0.3 is 0 Å². The van der Waals surface area contributed by atoms with Gasteiger partial charge in [-0.05, 0) is 60.7 Å². The lowest BCUT2D eigenvalue weighted by atomic mass is 10.0. The number of rotatable bonds is 4. The Labute approximate surface area is 231 Å². The van der Waals surface area contributed by atoms with Crippen molar-refractivity contribution in [3.63, 3.8) is 0 Å². The predicted molar refractivity (Wildman–Crippen MR) is 163 cm³/mol. The van der Waals surface area contributed by atoms with E-state index in [4.69, 9.17) is 31.4 Å². The molecule has 0 aliphatic carbocycles. The van der Waals surface area contributed by atoms with E-state index in [1.807, 2.05) is 91.0 Å². The van der Waals surface area contributed by atoms with Crippen LogP contribution in [0.2, 0.25) is 0 Å². The Balaban J connectivity index is 1.55. The van der Waals surface area contributed by atoms with Crippen LogP contribution in [0.25, 0.3) is 67.1 Å². The number of hydrogen-bond acceptors (Lipinski definition) is 6. The number of nitrogen functional groups attached to an aromatic ring is 2. The molecule has 0 radical (unpaired) electrons. The average molecular weight is 517 g/mol. The number of benzene rings is 5. The van der Waals surface area contributed by atoms with Crippen molar-refractivity contribution in [2.75, 3.05) is 11.5 Å². The first-order chi connectivity index (χ1) is 19.6. The van der Waals surface area contributed by atoms with E-state index in [1.165, 1.54) is 0 Å². The van der Waals surface area contributed by atoms with Gasteiger partial charge in [0.2, 0.25) is 0 Å². The molecule has 5 aromatic carbocycles. The smallest absolute Gasteiger partial charge is 0.160 e. The topological polar surface area (TPSA) is 104 Å². The minimum atomic E-state index is 0.627. The van der Waals surface area contributed by atoms with Crippen LogP contribution in [0.5, 0.6) is 0 Å². The number of nitrogens with two attached hydrogens (primary N) is 2. The van der Waals surface area contributed by atoms with E-state index in [9.17, 15) is 0 Å². The molecule has 0 spiro atoms. The van der Waals surface area contributed by atoms with Gasteiger partial charge in [0.05, 0.1) is 22.4 Å². The van der Waals surface area contributed by atoms with Gasteiger partial charge < -0.3 is 11.5 Å². The molecule has 6 heteroatoms. The molecule has 6 nitrogen and oxygen atoms in total. The van der Waals surface area contributed by atoms with Crippen LogP contribution in [0, 0.1) is 0 Å². The van der Waals surface area contributed by atoms with Gasteiger partial charge in [-0.1, -0.05) is 60.7 Å². The summed E-state index contributed by atoms with van der Waals surface area (Å²) in [5.41, 5.74) is 20.4. The zero-order valence-corrected chi connectivity index (χ0v) is 21.5. The highest BCUT2D eigenvalue weighted by Gasteiger charge is 2.17. The number of fused-ring (bicyclic) bond motifs is 2. The fraction of sp³-hybridized carbons (Fsp3) is 0. The quantitative estimate of drug-likeness (QED) is 0.187. The minimum Gasteiger partial charge on any atom is -0.399 e. The van der Waals surface area contributed by atoms with Crippen LogP contribution in [-0.4, -0.2) is 19.9 Å². The van der Waals surface area contributed by atoms with Gasteiger partial charge in [0.15, 0.2) is 11.6 Å². The third kappa shape index (κ3) is 4.27. The molecule has 4 N–H and O–H groups in total. The molecule has 0 unspecified atom stereocenters. The highest BCUT2D eigenvalue weighted by molar-refractivity contribution is 6.06. The summed E-state index contributed by atoms with van der Waals surface area (Å²) < 4.78 is 0. The molecule has 0 fully saturated rings. The summed E-state index contributed by atoms with van der Waals surface area (Å²) in [6, 6.07) is 39.7. The van der Waals surface area contributed by atoms with Crippen molar-refractivity contribution in [2.24, 2.45) is 0 Å². The largest absolute Gasteiger partial charge is 0.399 e. The van der Waals surface area contributed by atoms with Crippen molar-refractivity contribution in [3.05, 3.63) is 121 Å². The maximum atomic E-state index is 5.95. The van der Waals surface area contributed by atoms with Gasteiger partial charge in [0, 0.05) is 44.4 Å². The summed E-state index contributed by atoms with van der Waals surface area (Å²) >= 11 is 0. The van der Waals surface area contributed by atoms with Gasteiger partial charge in [-0.15, -0.1) is 0 Å². The van der Waals surface area contributed by atoms with E-state index in [0.717, 1.165) is 55.4 Å². The lowest BCUT2D eigenvalue weighted by Gasteiger charge is -2.13. The Morgan fingerprint density at radius 2 is 0.775 bits per heavy atom. The maximum absolute atomic E-state index is 5.95. The van der Waals surface area contributed by atoms with Crippen molar-refractivity contribution in [2.45, 2.75) is 0 Å². The molecular weight excluding hydrogens is 492 g/mol. The Hall–Kier alpha value is -5.62. The molecule has 0 aliphatic rings. The van der Waals surface area contributed by atoms with Gasteiger partial charge in [-0.3, -0.25) is 0 Å². The summed E-state index contributed by atoms with van der Waals surface area (Å²) in [7, 11) is 0. The Morgan fingerprint density at radius 3 is 1.18 bits per heavy atom. The van der Waals surface area contributed by atoms with E-state index < -0.39 is 0 Å². The second kappa shape index (κ2) is 9.60. The van der Waals surface area contributed by atoms with E-state index >= 15 is 0 Å². The van der Waals surface area contributed by atoms with E-state index in [2.05, 4.69) is 30.3 Å². The fourth-order valence-electron chi connectivity index (χ4n) is 4.91. The van der Waals surface area contributed by atoms with Crippen LogP contribution in [-0.2, 0) is 0 Å². The van der Waals surface area contributed by atoms with Gasteiger partial charge in [0.1, 0.15) is 0 Å². The molecule has 2 heterocycles. The Bertz CT molecular complexity index is 1840. The monoisotopic (exact) mass is 516 g/mol. The Kier molecular flexibility index (Phi) is 5.64. The first kappa shape index (κ1) is 23.5. The van der Waals surface area contributed by atoms with E-state index in [1.54, 1.807) is 0 Å². The summed E-state index contributed by atoms with van der Waals surface area (Å²) in [4.78, 5) is 20.1. The van der Waals surface area contributed by atoms with Gasteiger partial charge in [-0.25, -0.2) is 19.9 Å². The van der Waals surface area contributed by atoms with Crippen molar-refractivity contribution in [3.8, 4) is 45.3 Å². The van der Waals surface area contributed by atoms with Crippen LogP contribution >= 0.6 is 0 Å². The molecule has 7 rings (SSSR count). The van der Waals surface area contributed by atoms with Crippen molar-refractivity contribution >= 4 is 33.2 Å². The molecule has 0 aliphatic heterocycles. The third-order valence-corrected chi connectivity index (χ3v) is 6.94. The molecule has 7 aromatic rings. The standard InChI is InChI=1S/C34H24N6/c35-25-15-11-23(12-16-25)33-37-29-20-30-28(19-27(29)31(39-33)21-7-3-1-4-8-21)32(22-9-5-2-6-10-22)40-34(38-30)24-13-17-26(36)18-14-24/h1-20H,35-36H2. The second-order valence-corrected chi connectivity index (χ2v) is 9.65. The third-order valence-electron chi connectivity index (χ3n) is 6.94. The first-order valence-corrected chi connectivity index (χ1v) is 13.0. The normalized spacial score (nSPS) is 11.2. The molecule has 40 heavy (non-hydrogen) atoms. The van der Waals surface area contributed by atoms with Crippen LogP contribution in [0.4, 0.5) is 11.4 Å². The van der Waals surface area contributed by atoms with Crippen LogP contribution in [0.1, 0.15) is 0 Å². The lowest BCUT2D eigenvalue weighted by molar-refractivity contribution is 1.22. The molecule has 0 atom stereocenters. The highest BCUT2D eigenvalue weighted by atomic mass is 14.9. The van der Waals surface area contributed by atoms with E-state index in [0.29, 0.717) is 23.0 Å². The number of hydrogen-bond donors (Lipinski definition) is 2. The minimum absolute atomic E-state index is 0.627. The molecule has 2 aromatic heterocycles. The molecule has 0 bridgehead atoms. The highest BCUT2D eigenvalue weighted by Crippen LogP contribution is 2.36. The summed E-state index contributed by atoms with van der Waals surface area (Å²) in [5.74, 6) is 1.25. The molecule has 0 amide bonds. The van der Waals surface area contributed by atoms with Crippen molar-refractivity contribution < 1.29 is 0 Å². The van der Waals surface area contributed by atoms with Crippen LogP contribution < -0.4 is 11.5 Å². The van der Waals surface area contributed by atoms with Crippen molar-refractivity contribution in [1.29, 1.82) is 0 Å². The fourth-order valence-corrected chi connectivity index (χ4v) is 4.91. The van der Waals surface area contributed by atoms with Gasteiger partial charge in [0.25, 0.3) is 0 Å². The summed E-state index contributed by atoms with van der Waals surface area (Å²) in [6.45, 7) is 0. The Morgan fingerprint density at radius 1 is 0.375 bits per heavy atom. The zero-order chi connectivity index (χ0) is 27.1. The second-order valence-electron chi connectivity index (χ2n) is 9.65. The number of anilines is 2. The maximum Gasteiger partial charge on any atom is 0.160 e. The van der Waals surface area contributed by atoms with E-state index in [-0.39, 0.29) is 0 Å². The average Bonchev–Trinajstić information content (AvgIpc) is 3.00. The zero-order valence-electron chi connectivity index (χ0n) is 21.5. The number of nitrogens with zero attached hydrogens (tertiary/aromatic N) is 4. The van der Waals surface area contributed by atoms with Crippen LogP contribution in [0.3, 0.4) is 0 Å². The summed E-state index contributed by atoms with van der Waals surface area (Å²) in [6.07, 6.45) is 0. The molecule has 0 saturated carbocycles. The van der Waals surface area contributed by atoms with Crippen LogP contribution in [0.15, 0.2) is 121 Å². The lowest BCUT2D eigenvalue weighted by Crippen LogP contribution is -1.99. The predicted octanol–water partition coefficient (Wildman–Crippen LogP) is 7.41. The number of aromatic nitrogens is 4. The summed E-state index contributed by atoms with van der Waals surface area (Å²) in [5, 5.41) is 1.86. The van der Waals surface area contributed by atoms with Crippen molar-refractivity contribution in [1.82, 2.24) is 19.9 Å². The molecule has 0 saturated heterocycles.